The molecule has 0 spiro atoms. The van der Waals surface area contributed by atoms with E-state index in [0.29, 0.717) is 30.9 Å². The zero-order valence-corrected chi connectivity index (χ0v) is 13.0. The summed E-state index contributed by atoms with van der Waals surface area (Å²) in [5, 5.41) is 4.06. The van der Waals surface area contributed by atoms with E-state index in [9.17, 15) is 17.6 Å². The number of anilines is 1. The van der Waals surface area contributed by atoms with Crippen LogP contribution in [0.1, 0.15) is 30.0 Å². The van der Waals surface area contributed by atoms with E-state index < -0.39 is 23.6 Å². The van der Waals surface area contributed by atoms with E-state index in [-0.39, 0.29) is 5.56 Å². The Hall–Kier alpha value is -2.64. The molecule has 0 unspecified atom stereocenters. The van der Waals surface area contributed by atoms with Gasteiger partial charge in [-0.1, -0.05) is 0 Å². The number of hydrogen-bond donors (Lipinski definition) is 0. The van der Waals surface area contributed by atoms with Crippen molar-refractivity contribution in [3.8, 4) is 0 Å². The Morgan fingerprint density at radius 2 is 1.96 bits per heavy atom. The molecule has 1 aromatic carbocycles. The molecule has 0 amide bonds. The maximum Gasteiger partial charge on any atom is 0.416 e. The van der Waals surface area contributed by atoms with E-state index in [4.69, 9.17) is 0 Å². The van der Waals surface area contributed by atoms with Crippen LogP contribution in [-0.4, -0.2) is 21.1 Å². The van der Waals surface area contributed by atoms with Crippen molar-refractivity contribution in [3.05, 3.63) is 59.7 Å². The predicted octanol–water partition coefficient (Wildman–Crippen LogP) is 4.23. The third kappa shape index (κ3) is 2.81. The topological polar surface area (TPSA) is 33.4 Å². The lowest BCUT2D eigenvalue weighted by atomic mass is 9.97. The molecule has 1 fully saturated rings. The van der Waals surface area contributed by atoms with Crippen LogP contribution in [0.5, 0.6) is 0 Å². The molecule has 1 aliphatic rings. The first kappa shape index (κ1) is 15.9. The van der Waals surface area contributed by atoms with Gasteiger partial charge in [-0.25, -0.2) is 13.9 Å². The van der Waals surface area contributed by atoms with E-state index in [1.165, 1.54) is 0 Å². The monoisotopic (exact) mass is 350 g/mol. The molecule has 3 aromatic rings. The molecule has 1 aliphatic heterocycles. The molecule has 2 aromatic heterocycles. The molecule has 25 heavy (non-hydrogen) atoms. The predicted molar refractivity (Wildman–Crippen MR) is 83.7 cm³/mol. The molecule has 4 rings (SSSR count). The fourth-order valence-electron chi connectivity index (χ4n) is 3.39. The Kier molecular flexibility index (Phi) is 3.63. The van der Waals surface area contributed by atoms with Gasteiger partial charge in [0, 0.05) is 18.8 Å². The minimum atomic E-state index is -4.53. The minimum Gasteiger partial charge on any atom is -0.349 e. The van der Waals surface area contributed by atoms with Gasteiger partial charge in [0.25, 0.3) is 0 Å². The molecule has 4 nitrogen and oxygen atoms in total. The molecule has 0 bridgehead atoms. The first-order valence-electron chi connectivity index (χ1n) is 7.87. The SMILES string of the molecule is Fc1ccc(C(F)(F)F)c([C@H]2CCCN2c2ccn3nccc3n2)c1. The second kappa shape index (κ2) is 5.72. The summed E-state index contributed by atoms with van der Waals surface area (Å²) in [4.78, 5) is 6.26. The second-order valence-electron chi connectivity index (χ2n) is 6.00. The Morgan fingerprint density at radius 3 is 2.76 bits per heavy atom. The number of fused-ring (bicyclic) bond motifs is 1. The number of rotatable bonds is 2. The summed E-state index contributed by atoms with van der Waals surface area (Å²) in [5.41, 5.74) is -0.227. The zero-order chi connectivity index (χ0) is 17.6. The van der Waals surface area contributed by atoms with Gasteiger partial charge in [0.1, 0.15) is 11.6 Å². The van der Waals surface area contributed by atoms with Crippen molar-refractivity contribution >= 4 is 11.5 Å². The molecule has 0 radical (unpaired) electrons. The van der Waals surface area contributed by atoms with Crippen LogP contribution in [0, 0.1) is 5.82 Å². The molecular weight excluding hydrogens is 336 g/mol. The van der Waals surface area contributed by atoms with E-state index >= 15 is 0 Å². The fraction of sp³-hybridized carbons (Fsp3) is 0.294. The van der Waals surface area contributed by atoms with Crippen LogP contribution in [0.15, 0.2) is 42.7 Å². The zero-order valence-electron chi connectivity index (χ0n) is 13.0. The Balaban J connectivity index is 1.78. The summed E-state index contributed by atoms with van der Waals surface area (Å²) >= 11 is 0. The lowest BCUT2D eigenvalue weighted by Gasteiger charge is -2.28. The minimum absolute atomic E-state index is 0.0415. The Morgan fingerprint density at radius 1 is 1.12 bits per heavy atom. The molecule has 130 valence electrons. The van der Waals surface area contributed by atoms with Gasteiger partial charge in [-0.15, -0.1) is 0 Å². The summed E-state index contributed by atoms with van der Waals surface area (Å²) in [6.45, 7) is 0.565. The molecule has 0 saturated carbocycles. The van der Waals surface area contributed by atoms with Gasteiger partial charge >= 0.3 is 6.18 Å². The van der Waals surface area contributed by atoms with Gasteiger partial charge < -0.3 is 4.90 Å². The highest BCUT2D eigenvalue weighted by Crippen LogP contribution is 2.42. The quantitative estimate of drug-likeness (QED) is 0.649. The molecular formula is C17H14F4N4. The molecule has 0 aliphatic carbocycles. The van der Waals surface area contributed by atoms with Crippen molar-refractivity contribution in [1.29, 1.82) is 0 Å². The van der Waals surface area contributed by atoms with Crippen LogP contribution in [0.3, 0.4) is 0 Å². The third-order valence-electron chi connectivity index (χ3n) is 4.47. The van der Waals surface area contributed by atoms with Crippen LogP contribution in [-0.2, 0) is 6.18 Å². The summed E-state index contributed by atoms with van der Waals surface area (Å²) in [5.74, 6) is -0.109. The van der Waals surface area contributed by atoms with Crippen LogP contribution in [0.4, 0.5) is 23.4 Å². The fourth-order valence-corrected chi connectivity index (χ4v) is 3.39. The lowest BCUT2D eigenvalue weighted by molar-refractivity contribution is -0.138. The maximum atomic E-state index is 13.7. The van der Waals surface area contributed by atoms with E-state index in [0.717, 1.165) is 18.2 Å². The number of halogens is 4. The van der Waals surface area contributed by atoms with E-state index in [2.05, 4.69) is 10.1 Å². The average molecular weight is 350 g/mol. The van der Waals surface area contributed by atoms with Crippen LogP contribution < -0.4 is 4.90 Å². The first-order valence-corrected chi connectivity index (χ1v) is 7.87. The van der Waals surface area contributed by atoms with Crippen molar-refractivity contribution in [2.24, 2.45) is 0 Å². The average Bonchev–Trinajstić information content (AvgIpc) is 3.22. The standard InChI is InChI=1S/C17H14F4N4/c18-11-3-4-13(17(19,20)21)12(10-11)14-2-1-8-24(14)15-6-9-25-16(23-15)5-7-22-25/h3-7,9-10,14H,1-2,8H2/t14-/m1/s1. The highest BCUT2D eigenvalue weighted by atomic mass is 19.4. The van der Waals surface area contributed by atoms with Gasteiger partial charge in [-0.2, -0.15) is 18.3 Å². The smallest absolute Gasteiger partial charge is 0.349 e. The highest BCUT2D eigenvalue weighted by molar-refractivity contribution is 5.51. The van der Waals surface area contributed by atoms with E-state index in [1.807, 2.05) is 0 Å². The van der Waals surface area contributed by atoms with Crippen molar-refractivity contribution in [2.45, 2.75) is 25.1 Å². The van der Waals surface area contributed by atoms with Gasteiger partial charge in [0.2, 0.25) is 0 Å². The Bertz CT molecular complexity index is 918. The first-order chi connectivity index (χ1) is 11.9. The summed E-state index contributed by atoms with van der Waals surface area (Å²) < 4.78 is 55.3. The maximum absolute atomic E-state index is 13.7. The largest absolute Gasteiger partial charge is 0.416 e. The van der Waals surface area contributed by atoms with Gasteiger partial charge in [0.05, 0.1) is 17.8 Å². The molecule has 3 heterocycles. The van der Waals surface area contributed by atoms with Crippen LogP contribution >= 0.6 is 0 Å². The molecule has 0 N–H and O–H groups in total. The van der Waals surface area contributed by atoms with Crippen molar-refractivity contribution in [3.63, 3.8) is 0 Å². The lowest BCUT2D eigenvalue weighted by Crippen LogP contribution is -2.26. The summed E-state index contributed by atoms with van der Waals surface area (Å²) in [6.07, 6.45) is 0.00851. The third-order valence-corrected chi connectivity index (χ3v) is 4.47. The van der Waals surface area contributed by atoms with E-state index in [1.54, 1.807) is 33.9 Å². The second-order valence-corrected chi connectivity index (χ2v) is 6.00. The van der Waals surface area contributed by atoms with Gasteiger partial charge in [0.15, 0.2) is 5.65 Å². The number of aromatic nitrogens is 3. The number of alkyl halides is 3. The van der Waals surface area contributed by atoms with Crippen molar-refractivity contribution in [2.75, 3.05) is 11.4 Å². The molecule has 1 saturated heterocycles. The highest BCUT2D eigenvalue weighted by Gasteiger charge is 2.38. The van der Waals surface area contributed by atoms with Gasteiger partial charge in [-0.3, -0.25) is 0 Å². The number of benzene rings is 1. The van der Waals surface area contributed by atoms with Crippen molar-refractivity contribution < 1.29 is 17.6 Å². The normalized spacial score (nSPS) is 18.2. The Labute approximate surface area is 140 Å². The van der Waals surface area contributed by atoms with Crippen LogP contribution in [0.2, 0.25) is 0 Å². The molecule has 8 heteroatoms. The summed E-state index contributed by atoms with van der Waals surface area (Å²) in [6, 6.07) is 5.52. The summed E-state index contributed by atoms with van der Waals surface area (Å²) in [7, 11) is 0. The van der Waals surface area contributed by atoms with Gasteiger partial charge in [-0.05, 0) is 42.7 Å². The number of hydrogen-bond acceptors (Lipinski definition) is 3. The molecule has 1 atom stereocenters. The number of nitrogens with zero attached hydrogens (tertiary/aromatic N) is 4. The van der Waals surface area contributed by atoms with Crippen molar-refractivity contribution in [1.82, 2.24) is 14.6 Å². The van der Waals surface area contributed by atoms with Crippen LogP contribution in [0.25, 0.3) is 5.65 Å².